The smallest absolute Gasteiger partial charge is 0.251 e. The molecular weight excluding hydrogens is 354 g/mol. The first-order valence-corrected chi connectivity index (χ1v) is 9.01. The fourth-order valence-electron chi connectivity index (χ4n) is 2.86. The highest BCUT2D eigenvalue weighted by atomic mass is 32.1. The molecule has 2 atom stereocenters. The molecule has 0 aliphatic carbocycles. The number of hydrogen-bond donors (Lipinski definition) is 2. The van der Waals surface area contributed by atoms with E-state index in [9.17, 15) is 14.7 Å². The van der Waals surface area contributed by atoms with Crippen molar-refractivity contribution in [3.05, 3.63) is 45.6 Å². The maximum absolute atomic E-state index is 12.7. The summed E-state index contributed by atoms with van der Waals surface area (Å²) in [4.78, 5) is 25.5. The van der Waals surface area contributed by atoms with Crippen molar-refractivity contribution >= 4 is 23.0 Å². The molecule has 1 aliphatic heterocycles. The maximum Gasteiger partial charge on any atom is 0.251 e. The summed E-state index contributed by atoms with van der Waals surface area (Å²) in [6.07, 6.45) is -0.962. The normalized spacial score (nSPS) is 20.7. The van der Waals surface area contributed by atoms with E-state index in [1.54, 1.807) is 51.3 Å². The molecule has 138 valence electrons. The van der Waals surface area contributed by atoms with Crippen LogP contribution in [0.1, 0.15) is 51.7 Å². The molecule has 1 aliphatic rings. The zero-order chi connectivity index (χ0) is 19.1. The van der Waals surface area contributed by atoms with Crippen molar-refractivity contribution in [3.8, 4) is 11.5 Å². The van der Waals surface area contributed by atoms with Crippen LogP contribution in [0.4, 0.5) is 0 Å². The third-order valence-electron chi connectivity index (χ3n) is 4.39. The van der Waals surface area contributed by atoms with Crippen LogP contribution in [0.3, 0.4) is 0 Å². The van der Waals surface area contributed by atoms with Gasteiger partial charge in [0.1, 0.15) is 23.2 Å². The van der Waals surface area contributed by atoms with Crippen molar-refractivity contribution < 1.29 is 24.2 Å². The van der Waals surface area contributed by atoms with Gasteiger partial charge in [0.2, 0.25) is 0 Å². The summed E-state index contributed by atoms with van der Waals surface area (Å²) in [7, 11) is 1.56. The number of amides is 1. The molecule has 6 nitrogen and oxygen atoms in total. The van der Waals surface area contributed by atoms with Gasteiger partial charge in [0.15, 0.2) is 5.78 Å². The Kier molecular flexibility index (Phi) is 4.77. The number of methoxy groups -OCH3 is 1. The van der Waals surface area contributed by atoms with Gasteiger partial charge in [0, 0.05) is 11.6 Å². The molecular formula is C19H21NO5S. The average Bonchev–Trinajstić information content (AvgIpc) is 3.02. The highest BCUT2D eigenvalue weighted by Gasteiger charge is 2.45. The minimum absolute atomic E-state index is 0.0828. The summed E-state index contributed by atoms with van der Waals surface area (Å²) in [6.45, 7) is 4.97. The van der Waals surface area contributed by atoms with Crippen molar-refractivity contribution in [2.24, 2.45) is 0 Å². The second-order valence-electron chi connectivity index (χ2n) is 6.73. The highest BCUT2D eigenvalue weighted by Crippen LogP contribution is 2.44. The molecule has 0 saturated heterocycles. The van der Waals surface area contributed by atoms with Gasteiger partial charge in [-0.1, -0.05) is 0 Å². The first-order valence-electron chi connectivity index (χ1n) is 8.19. The number of ether oxygens (including phenoxy) is 2. The Morgan fingerprint density at radius 1 is 1.27 bits per heavy atom. The van der Waals surface area contributed by atoms with Crippen molar-refractivity contribution in [2.75, 3.05) is 7.11 Å². The number of thiophene rings is 1. The van der Waals surface area contributed by atoms with Gasteiger partial charge in [-0.3, -0.25) is 9.59 Å². The van der Waals surface area contributed by atoms with Gasteiger partial charge in [-0.25, -0.2) is 0 Å². The van der Waals surface area contributed by atoms with Crippen LogP contribution in [0.25, 0.3) is 0 Å². The molecule has 26 heavy (non-hydrogen) atoms. The second-order valence-corrected chi connectivity index (χ2v) is 7.81. The zero-order valence-corrected chi connectivity index (χ0v) is 15.8. The Balaban J connectivity index is 1.92. The molecule has 1 amide bonds. The van der Waals surface area contributed by atoms with E-state index in [0.29, 0.717) is 26.8 Å². The first kappa shape index (κ1) is 18.4. The summed E-state index contributed by atoms with van der Waals surface area (Å²) >= 11 is 1.23. The van der Waals surface area contributed by atoms with Gasteiger partial charge in [0.25, 0.3) is 5.91 Å². The highest BCUT2D eigenvalue weighted by molar-refractivity contribution is 7.14. The molecule has 1 aromatic carbocycles. The predicted octanol–water partition coefficient (Wildman–Crippen LogP) is 2.96. The van der Waals surface area contributed by atoms with E-state index >= 15 is 0 Å². The van der Waals surface area contributed by atoms with Crippen LogP contribution in [0.15, 0.2) is 30.3 Å². The molecule has 2 N–H and O–H groups in total. The first-order chi connectivity index (χ1) is 12.2. The Morgan fingerprint density at radius 3 is 2.50 bits per heavy atom. The number of rotatable bonds is 4. The van der Waals surface area contributed by atoms with Gasteiger partial charge in [-0.05, 0) is 45.0 Å². The SMILES string of the molecule is COc1ccc(C(=O)N[C@@H]2c3sc(C(C)=O)cc3OC(C)(C)[C@H]2O)cc1. The number of Topliss-reactive ketones (excluding diaryl/α,β-unsaturated/α-hetero) is 1. The lowest BCUT2D eigenvalue weighted by atomic mass is 9.90. The van der Waals surface area contributed by atoms with E-state index < -0.39 is 17.7 Å². The minimum atomic E-state index is -0.962. The van der Waals surface area contributed by atoms with Crippen LogP contribution in [0.5, 0.6) is 11.5 Å². The maximum atomic E-state index is 12.7. The summed E-state index contributed by atoms with van der Waals surface area (Å²) < 4.78 is 10.9. The lowest BCUT2D eigenvalue weighted by Gasteiger charge is -2.40. The minimum Gasteiger partial charge on any atom is -0.497 e. The molecule has 0 unspecified atom stereocenters. The van der Waals surface area contributed by atoms with Crippen molar-refractivity contribution in [3.63, 3.8) is 0 Å². The fourth-order valence-corrected chi connectivity index (χ4v) is 3.92. The summed E-state index contributed by atoms with van der Waals surface area (Å²) in [6, 6.07) is 7.71. The van der Waals surface area contributed by atoms with Crippen LogP contribution in [-0.4, -0.2) is 35.6 Å². The molecule has 0 spiro atoms. The monoisotopic (exact) mass is 375 g/mol. The molecule has 0 fully saturated rings. The second kappa shape index (κ2) is 6.74. The Morgan fingerprint density at radius 2 is 1.92 bits per heavy atom. The lowest BCUT2D eigenvalue weighted by molar-refractivity contribution is -0.0612. The van der Waals surface area contributed by atoms with E-state index in [1.165, 1.54) is 18.3 Å². The number of aliphatic hydroxyl groups excluding tert-OH is 1. The van der Waals surface area contributed by atoms with Crippen LogP contribution in [0, 0.1) is 0 Å². The van der Waals surface area contributed by atoms with Crippen LogP contribution < -0.4 is 14.8 Å². The van der Waals surface area contributed by atoms with Gasteiger partial charge in [-0.2, -0.15) is 0 Å². The number of fused-ring (bicyclic) bond motifs is 1. The lowest BCUT2D eigenvalue weighted by Crippen LogP contribution is -2.53. The molecule has 0 saturated carbocycles. The molecule has 7 heteroatoms. The van der Waals surface area contributed by atoms with E-state index in [-0.39, 0.29) is 11.7 Å². The number of nitrogens with one attached hydrogen (secondary N) is 1. The summed E-state index contributed by atoms with van der Waals surface area (Å²) in [5.41, 5.74) is -0.452. The van der Waals surface area contributed by atoms with Gasteiger partial charge < -0.3 is 19.9 Å². The standard InChI is InChI=1S/C19H21NO5S/c1-10(21)14-9-13-16(26-14)15(17(22)19(2,3)25-13)20-18(23)11-5-7-12(24-4)8-6-11/h5-9,15,17,22H,1-4H3,(H,20,23)/t15-,17+/m1/s1. The van der Waals surface area contributed by atoms with Gasteiger partial charge in [0.05, 0.1) is 22.9 Å². The largest absolute Gasteiger partial charge is 0.497 e. The van der Waals surface area contributed by atoms with E-state index in [0.717, 1.165) is 0 Å². The van der Waals surface area contributed by atoms with Crippen molar-refractivity contribution in [1.82, 2.24) is 5.32 Å². The third-order valence-corrected chi connectivity index (χ3v) is 5.69. The molecule has 2 heterocycles. The predicted molar refractivity (Wildman–Crippen MR) is 98.2 cm³/mol. The quantitative estimate of drug-likeness (QED) is 0.803. The molecule has 0 bridgehead atoms. The molecule has 1 aromatic heterocycles. The number of aliphatic hydroxyl groups is 1. The van der Waals surface area contributed by atoms with Gasteiger partial charge >= 0.3 is 0 Å². The molecule has 3 rings (SSSR count). The van der Waals surface area contributed by atoms with Crippen LogP contribution >= 0.6 is 11.3 Å². The Bertz CT molecular complexity index is 840. The number of carbonyl (C=O) groups is 2. The summed E-state index contributed by atoms with van der Waals surface area (Å²) in [5, 5.41) is 13.6. The molecule has 0 radical (unpaired) electrons. The van der Waals surface area contributed by atoms with Gasteiger partial charge in [-0.15, -0.1) is 11.3 Å². The van der Waals surface area contributed by atoms with Crippen molar-refractivity contribution in [2.45, 2.75) is 38.5 Å². The number of ketones is 1. The Hall–Kier alpha value is -2.38. The fraction of sp³-hybridized carbons (Fsp3) is 0.368. The Labute approximate surface area is 155 Å². The number of benzene rings is 1. The molecule has 2 aromatic rings. The van der Waals surface area contributed by atoms with E-state index in [2.05, 4.69) is 5.32 Å². The third kappa shape index (κ3) is 3.32. The van der Waals surface area contributed by atoms with E-state index in [4.69, 9.17) is 9.47 Å². The zero-order valence-electron chi connectivity index (χ0n) is 15.0. The van der Waals surface area contributed by atoms with Crippen LogP contribution in [0.2, 0.25) is 0 Å². The summed E-state index contributed by atoms with van der Waals surface area (Å²) in [5.74, 6) is 0.773. The average molecular weight is 375 g/mol. The van der Waals surface area contributed by atoms with E-state index in [1.807, 2.05) is 0 Å². The number of carbonyl (C=O) groups excluding carboxylic acids is 2. The number of hydrogen-bond acceptors (Lipinski definition) is 6. The van der Waals surface area contributed by atoms with Crippen molar-refractivity contribution in [1.29, 1.82) is 0 Å². The van der Waals surface area contributed by atoms with Crippen LogP contribution in [-0.2, 0) is 0 Å². The topological polar surface area (TPSA) is 84.9 Å².